The number of carbonyl (C=O) groups excluding carboxylic acids is 1. The average molecular weight is 402 g/mol. The largest absolute Gasteiger partial charge is 0.473 e. The molecule has 3 rings (SSSR count). The summed E-state index contributed by atoms with van der Waals surface area (Å²) in [5.74, 6) is -2.27. The number of benzene rings is 2. The van der Waals surface area contributed by atoms with E-state index >= 15 is 0 Å². The third-order valence-corrected chi connectivity index (χ3v) is 3.86. The molecule has 0 aromatic heterocycles. The van der Waals surface area contributed by atoms with Gasteiger partial charge in [-0.3, -0.25) is 4.79 Å². The molecule has 3 N–H and O–H groups in total. The minimum absolute atomic E-state index is 0.0104. The standard InChI is InChI=1S/C18H20N2O3.C2H2O4/c1-20(12-14-5-3-2-4-6-14)10-9-18(21)19-15-7-8-16-17(11-15)23-13-22-16;3-1(4)2(5)6/h2-8,11H,9-10,12-13H2,1H3,(H,19,21);(H,3,4)(H,5,6). The lowest BCUT2D eigenvalue weighted by Crippen LogP contribution is -2.24. The number of carboxylic acids is 2. The molecule has 0 bridgehead atoms. The molecule has 9 heteroatoms. The molecule has 154 valence electrons. The molecule has 0 spiro atoms. The van der Waals surface area contributed by atoms with Gasteiger partial charge in [0.05, 0.1) is 0 Å². The van der Waals surface area contributed by atoms with E-state index in [-0.39, 0.29) is 12.7 Å². The maximum Gasteiger partial charge on any atom is 0.414 e. The second-order valence-corrected chi connectivity index (χ2v) is 6.20. The molecular formula is C20H22N2O7. The molecule has 0 fully saturated rings. The lowest BCUT2D eigenvalue weighted by molar-refractivity contribution is -0.159. The summed E-state index contributed by atoms with van der Waals surface area (Å²) in [7, 11) is 2.01. The van der Waals surface area contributed by atoms with E-state index in [0.717, 1.165) is 12.2 Å². The Kier molecular flexibility index (Phi) is 7.99. The fourth-order valence-corrected chi connectivity index (χ4v) is 2.46. The first kappa shape index (κ1) is 21.7. The normalized spacial score (nSPS) is 11.4. The Morgan fingerprint density at radius 2 is 1.66 bits per heavy atom. The van der Waals surface area contributed by atoms with Crippen LogP contribution in [-0.4, -0.2) is 53.3 Å². The van der Waals surface area contributed by atoms with Crippen LogP contribution in [0.4, 0.5) is 5.69 Å². The molecule has 0 radical (unpaired) electrons. The number of nitrogens with zero attached hydrogens (tertiary/aromatic N) is 1. The molecule has 1 aliphatic rings. The van der Waals surface area contributed by atoms with Crippen LogP contribution in [0.1, 0.15) is 12.0 Å². The topological polar surface area (TPSA) is 125 Å². The number of hydrogen-bond donors (Lipinski definition) is 3. The Labute approximate surface area is 167 Å². The van der Waals surface area contributed by atoms with Crippen LogP contribution in [-0.2, 0) is 20.9 Å². The summed E-state index contributed by atoms with van der Waals surface area (Å²) < 4.78 is 10.6. The summed E-state index contributed by atoms with van der Waals surface area (Å²) in [6.07, 6.45) is 0.442. The quantitative estimate of drug-likeness (QED) is 0.627. The Bertz CT molecular complexity index is 843. The molecule has 0 atom stereocenters. The molecule has 1 aliphatic heterocycles. The van der Waals surface area contributed by atoms with Crippen molar-refractivity contribution in [3.63, 3.8) is 0 Å². The van der Waals surface area contributed by atoms with Crippen LogP contribution >= 0.6 is 0 Å². The maximum absolute atomic E-state index is 12.1. The lowest BCUT2D eigenvalue weighted by Gasteiger charge is -2.16. The molecule has 9 nitrogen and oxygen atoms in total. The molecule has 0 aliphatic carbocycles. The number of hydrogen-bond acceptors (Lipinski definition) is 6. The first-order chi connectivity index (χ1) is 13.8. The third kappa shape index (κ3) is 7.51. The van der Waals surface area contributed by atoms with E-state index in [2.05, 4.69) is 22.3 Å². The first-order valence-electron chi connectivity index (χ1n) is 8.73. The average Bonchev–Trinajstić information content (AvgIpc) is 3.15. The van der Waals surface area contributed by atoms with Gasteiger partial charge in [0.1, 0.15) is 0 Å². The van der Waals surface area contributed by atoms with Gasteiger partial charge >= 0.3 is 11.9 Å². The van der Waals surface area contributed by atoms with Gasteiger partial charge in [-0.1, -0.05) is 30.3 Å². The maximum atomic E-state index is 12.1. The van der Waals surface area contributed by atoms with Crippen molar-refractivity contribution < 1.29 is 34.1 Å². The van der Waals surface area contributed by atoms with Crippen molar-refractivity contribution in [3.8, 4) is 11.5 Å². The zero-order chi connectivity index (χ0) is 21.2. The van der Waals surface area contributed by atoms with Crippen molar-refractivity contribution in [3.05, 3.63) is 54.1 Å². The van der Waals surface area contributed by atoms with Crippen molar-refractivity contribution in [2.24, 2.45) is 0 Å². The van der Waals surface area contributed by atoms with Crippen molar-refractivity contribution in [2.75, 3.05) is 25.7 Å². The van der Waals surface area contributed by atoms with Gasteiger partial charge in [0.15, 0.2) is 11.5 Å². The van der Waals surface area contributed by atoms with E-state index in [1.54, 1.807) is 12.1 Å². The molecule has 0 saturated heterocycles. The molecule has 29 heavy (non-hydrogen) atoms. The van der Waals surface area contributed by atoms with Crippen LogP contribution in [0.25, 0.3) is 0 Å². The van der Waals surface area contributed by atoms with E-state index in [1.165, 1.54) is 5.56 Å². The van der Waals surface area contributed by atoms with Gasteiger partial charge in [-0.2, -0.15) is 0 Å². The molecule has 1 amide bonds. The van der Waals surface area contributed by atoms with Crippen LogP contribution in [0.5, 0.6) is 11.5 Å². The number of amides is 1. The highest BCUT2D eigenvalue weighted by Crippen LogP contribution is 2.34. The van der Waals surface area contributed by atoms with Crippen LogP contribution in [0.15, 0.2) is 48.5 Å². The highest BCUT2D eigenvalue weighted by atomic mass is 16.7. The summed E-state index contributed by atoms with van der Waals surface area (Å²) >= 11 is 0. The predicted molar refractivity (Wildman–Crippen MR) is 104 cm³/mol. The fraction of sp³-hybridized carbons (Fsp3) is 0.250. The number of carbonyl (C=O) groups is 3. The number of rotatable bonds is 6. The Hall–Kier alpha value is -3.59. The van der Waals surface area contributed by atoms with Crippen molar-refractivity contribution >= 4 is 23.5 Å². The second kappa shape index (κ2) is 10.7. The summed E-state index contributed by atoms with van der Waals surface area (Å²) in [6, 6.07) is 15.6. The van der Waals surface area contributed by atoms with Crippen LogP contribution < -0.4 is 14.8 Å². The van der Waals surface area contributed by atoms with Gasteiger partial charge in [0.2, 0.25) is 12.7 Å². The van der Waals surface area contributed by atoms with Gasteiger partial charge < -0.3 is 29.9 Å². The van der Waals surface area contributed by atoms with Gasteiger partial charge in [-0.05, 0) is 24.7 Å². The number of ether oxygens (including phenoxy) is 2. The van der Waals surface area contributed by atoms with E-state index in [0.29, 0.717) is 24.5 Å². The first-order valence-corrected chi connectivity index (χ1v) is 8.73. The molecule has 0 saturated carbocycles. The molecule has 2 aromatic carbocycles. The fourth-order valence-electron chi connectivity index (χ4n) is 2.46. The highest BCUT2D eigenvalue weighted by Gasteiger charge is 2.14. The Morgan fingerprint density at radius 1 is 1.00 bits per heavy atom. The van der Waals surface area contributed by atoms with Crippen molar-refractivity contribution in [1.82, 2.24) is 4.90 Å². The molecule has 0 unspecified atom stereocenters. The summed E-state index contributed by atoms with van der Waals surface area (Å²) in [4.78, 5) is 32.4. The minimum Gasteiger partial charge on any atom is -0.473 e. The third-order valence-electron chi connectivity index (χ3n) is 3.86. The highest BCUT2D eigenvalue weighted by molar-refractivity contribution is 6.27. The summed E-state index contributed by atoms with van der Waals surface area (Å²) in [5, 5.41) is 17.7. The van der Waals surface area contributed by atoms with E-state index < -0.39 is 11.9 Å². The zero-order valence-electron chi connectivity index (χ0n) is 15.8. The number of carboxylic acid groups (broad SMARTS) is 2. The predicted octanol–water partition coefficient (Wildman–Crippen LogP) is 2.03. The smallest absolute Gasteiger partial charge is 0.414 e. The number of anilines is 1. The van der Waals surface area contributed by atoms with E-state index in [4.69, 9.17) is 29.3 Å². The number of aliphatic carboxylic acids is 2. The molecular weight excluding hydrogens is 380 g/mol. The van der Waals surface area contributed by atoms with Gasteiger partial charge in [-0.15, -0.1) is 0 Å². The van der Waals surface area contributed by atoms with E-state index in [1.807, 2.05) is 31.3 Å². The minimum atomic E-state index is -1.82. The molecule has 1 heterocycles. The Morgan fingerprint density at radius 3 is 2.31 bits per heavy atom. The van der Waals surface area contributed by atoms with Crippen LogP contribution in [0.2, 0.25) is 0 Å². The summed E-state index contributed by atoms with van der Waals surface area (Å²) in [5.41, 5.74) is 1.97. The van der Waals surface area contributed by atoms with Gasteiger partial charge in [-0.25, -0.2) is 9.59 Å². The molecule has 2 aromatic rings. The number of nitrogens with one attached hydrogen (secondary N) is 1. The second-order valence-electron chi connectivity index (χ2n) is 6.20. The monoisotopic (exact) mass is 402 g/mol. The van der Waals surface area contributed by atoms with E-state index in [9.17, 15) is 4.79 Å². The van der Waals surface area contributed by atoms with Crippen LogP contribution in [0, 0.1) is 0 Å². The van der Waals surface area contributed by atoms with Crippen LogP contribution in [0.3, 0.4) is 0 Å². The van der Waals surface area contributed by atoms with Crippen molar-refractivity contribution in [1.29, 1.82) is 0 Å². The van der Waals surface area contributed by atoms with Crippen molar-refractivity contribution in [2.45, 2.75) is 13.0 Å². The van der Waals surface area contributed by atoms with Gasteiger partial charge in [0, 0.05) is 31.3 Å². The lowest BCUT2D eigenvalue weighted by atomic mass is 10.2. The number of fused-ring (bicyclic) bond motifs is 1. The Balaban J connectivity index is 0.000000438. The SMILES string of the molecule is CN(CCC(=O)Nc1ccc2c(c1)OCO2)Cc1ccccc1.O=C(O)C(=O)O. The summed E-state index contributed by atoms with van der Waals surface area (Å²) in [6.45, 7) is 1.76. The zero-order valence-corrected chi connectivity index (χ0v) is 15.8. The van der Waals surface area contributed by atoms with Gasteiger partial charge in [0.25, 0.3) is 0 Å².